The predicted octanol–water partition coefficient (Wildman–Crippen LogP) is 5.04. The molecule has 3 aromatic carbocycles. The topological polar surface area (TPSA) is 67.0 Å². The van der Waals surface area contributed by atoms with Crippen molar-refractivity contribution < 1.29 is 9.53 Å². The third-order valence-corrected chi connectivity index (χ3v) is 4.97. The third kappa shape index (κ3) is 4.53. The van der Waals surface area contributed by atoms with Crippen molar-refractivity contribution in [2.24, 2.45) is 0 Å². The fourth-order valence-electron chi connectivity index (χ4n) is 2.75. The Morgan fingerprint density at radius 2 is 1.89 bits per heavy atom. The maximum Gasteiger partial charge on any atom is 0.262 e. The van der Waals surface area contributed by atoms with Crippen LogP contribution in [0.15, 0.2) is 82.8 Å². The Morgan fingerprint density at radius 1 is 1.07 bits per heavy atom. The van der Waals surface area contributed by atoms with Crippen LogP contribution in [-0.4, -0.2) is 22.5 Å². The fraction of sp³-hybridized carbons (Fsp3) is 0.0909. The number of carbonyl (C=O) groups is 1. The van der Waals surface area contributed by atoms with Crippen LogP contribution in [0.1, 0.15) is 5.56 Å². The summed E-state index contributed by atoms with van der Waals surface area (Å²) in [5.74, 6) is 0.493. The first-order valence-corrected chi connectivity index (χ1v) is 9.69. The number of aryl methyl sites for hydroxylation is 1. The molecule has 0 unspecified atom stereocenters. The van der Waals surface area contributed by atoms with Gasteiger partial charge in [-0.3, -0.25) is 4.79 Å². The summed E-state index contributed by atoms with van der Waals surface area (Å²) >= 11 is 1.55. The maximum atomic E-state index is 12.1. The van der Waals surface area contributed by atoms with Gasteiger partial charge in [-0.2, -0.15) is 0 Å². The zero-order valence-corrected chi connectivity index (χ0v) is 16.1. The predicted molar refractivity (Wildman–Crippen MR) is 112 cm³/mol. The normalized spacial score (nSPS) is 10.8. The molecule has 0 spiro atoms. The first kappa shape index (κ1) is 18.1. The van der Waals surface area contributed by atoms with Crippen LogP contribution in [0.2, 0.25) is 0 Å². The van der Waals surface area contributed by atoms with Gasteiger partial charge in [0.2, 0.25) is 0 Å². The minimum atomic E-state index is -0.195. The van der Waals surface area contributed by atoms with Crippen LogP contribution in [-0.2, 0) is 4.79 Å². The molecule has 1 heterocycles. The number of hydrogen-bond donors (Lipinski definition) is 2. The standard InChI is InChI=1S/C22H19N3O2S/c1-15-5-4-6-17(13-15)27-14-21(26)23-16-9-11-18(12-10-16)28-22-24-19-7-2-3-8-20(19)25-22/h2-13H,14H2,1H3,(H,23,26)(H,24,25). The summed E-state index contributed by atoms with van der Waals surface area (Å²) in [5, 5.41) is 3.68. The monoisotopic (exact) mass is 389 g/mol. The number of ether oxygens (including phenoxy) is 1. The second-order valence-electron chi connectivity index (χ2n) is 6.34. The molecule has 0 aliphatic carbocycles. The summed E-state index contributed by atoms with van der Waals surface area (Å²) in [6.07, 6.45) is 0. The summed E-state index contributed by atoms with van der Waals surface area (Å²) in [5.41, 5.74) is 3.78. The lowest BCUT2D eigenvalue weighted by Crippen LogP contribution is -2.20. The van der Waals surface area contributed by atoms with Crippen molar-refractivity contribution in [2.75, 3.05) is 11.9 Å². The molecule has 0 aliphatic rings. The Hall–Kier alpha value is -3.25. The number of H-pyrrole nitrogens is 1. The number of aromatic nitrogens is 2. The van der Waals surface area contributed by atoms with Crippen molar-refractivity contribution in [1.29, 1.82) is 0 Å². The molecular weight excluding hydrogens is 370 g/mol. The van der Waals surface area contributed by atoms with Gasteiger partial charge >= 0.3 is 0 Å². The molecule has 1 amide bonds. The molecule has 0 atom stereocenters. The van der Waals surface area contributed by atoms with E-state index in [0.717, 1.165) is 32.3 Å². The van der Waals surface area contributed by atoms with Crippen LogP contribution >= 0.6 is 11.8 Å². The van der Waals surface area contributed by atoms with E-state index in [1.165, 1.54) is 0 Å². The molecule has 4 aromatic rings. The number of benzene rings is 3. The second kappa shape index (κ2) is 8.19. The number of carbonyl (C=O) groups excluding carboxylic acids is 1. The van der Waals surface area contributed by atoms with Crippen LogP contribution in [0, 0.1) is 6.92 Å². The van der Waals surface area contributed by atoms with E-state index in [1.54, 1.807) is 11.8 Å². The minimum Gasteiger partial charge on any atom is -0.484 e. The molecular formula is C22H19N3O2S. The molecule has 5 nitrogen and oxygen atoms in total. The molecule has 0 fully saturated rings. The fourth-order valence-corrected chi connectivity index (χ4v) is 3.55. The Kier molecular flexibility index (Phi) is 5.30. The van der Waals surface area contributed by atoms with E-state index in [9.17, 15) is 4.79 Å². The molecule has 4 rings (SSSR count). The van der Waals surface area contributed by atoms with Gasteiger partial charge in [-0.25, -0.2) is 4.98 Å². The molecule has 28 heavy (non-hydrogen) atoms. The van der Waals surface area contributed by atoms with Gasteiger partial charge in [-0.05, 0) is 61.0 Å². The first-order valence-electron chi connectivity index (χ1n) is 8.88. The highest BCUT2D eigenvalue weighted by atomic mass is 32.2. The van der Waals surface area contributed by atoms with Crippen LogP contribution in [0.4, 0.5) is 5.69 Å². The Balaban J connectivity index is 1.33. The maximum absolute atomic E-state index is 12.1. The average molecular weight is 389 g/mol. The van der Waals surface area contributed by atoms with Gasteiger partial charge in [0.15, 0.2) is 11.8 Å². The number of anilines is 1. The molecule has 6 heteroatoms. The molecule has 0 saturated heterocycles. The van der Waals surface area contributed by atoms with E-state index in [0.29, 0.717) is 5.75 Å². The molecule has 1 aromatic heterocycles. The number of fused-ring (bicyclic) bond motifs is 1. The Bertz CT molecular complexity index is 1070. The van der Waals surface area contributed by atoms with Gasteiger partial charge in [-0.1, -0.05) is 36.0 Å². The molecule has 0 saturated carbocycles. The summed E-state index contributed by atoms with van der Waals surface area (Å²) in [6, 6.07) is 23.2. The minimum absolute atomic E-state index is 0.0288. The van der Waals surface area contributed by atoms with Gasteiger partial charge < -0.3 is 15.0 Å². The average Bonchev–Trinajstić information content (AvgIpc) is 3.10. The molecule has 2 N–H and O–H groups in total. The Morgan fingerprint density at radius 3 is 2.68 bits per heavy atom. The molecule has 0 aliphatic heterocycles. The largest absolute Gasteiger partial charge is 0.484 e. The van der Waals surface area contributed by atoms with Crippen molar-refractivity contribution in [3.63, 3.8) is 0 Å². The Labute approximate surface area is 167 Å². The van der Waals surface area contributed by atoms with E-state index < -0.39 is 0 Å². The zero-order valence-electron chi connectivity index (χ0n) is 15.3. The highest BCUT2D eigenvalue weighted by molar-refractivity contribution is 7.99. The van der Waals surface area contributed by atoms with E-state index in [4.69, 9.17) is 4.74 Å². The van der Waals surface area contributed by atoms with Crippen LogP contribution < -0.4 is 10.1 Å². The van der Waals surface area contributed by atoms with Crippen LogP contribution in [0.5, 0.6) is 5.75 Å². The van der Waals surface area contributed by atoms with Crippen molar-refractivity contribution >= 4 is 34.4 Å². The number of aromatic amines is 1. The molecule has 140 valence electrons. The lowest BCUT2D eigenvalue weighted by Gasteiger charge is -2.08. The van der Waals surface area contributed by atoms with Crippen molar-refractivity contribution in [2.45, 2.75) is 17.0 Å². The first-order chi connectivity index (χ1) is 13.7. The van der Waals surface area contributed by atoms with Crippen molar-refractivity contribution in [3.8, 4) is 5.75 Å². The smallest absolute Gasteiger partial charge is 0.262 e. The van der Waals surface area contributed by atoms with E-state index in [-0.39, 0.29) is 12.5 Å². The third-order valence-electron chi connectivity index (χ3n) is 4.08. The number of nitrogens with one attached hydrogen (secondary N) is 2. The SMILES string of the molecule is Cc1cccc(OCC(=O)Nc2ccc(Sc3nc4ccccc4[nH]3)cc2)c1. The van der Waals surface area contributed by atoms with Gasteiger partial charge in [0, 0.05) is 10.6 Å². The lowest BCUT2D eigenvalue weighted by atomic mass is 10.2. The molecule has 0 bridgehead atoms. The summed E-state index contributed by atoms with van der Waals surface area (Å²) < 4.78 is 5.52. The quantitative estimate of drug-likeness (QED) is 0.485. The number of para-hydroxylation sites is 2. The van der Waals surface area contributed by atoms with Gasteiger partial charge in [0.05, 0.1) is 11.0 Å². The van der Waals surface area contributed by atoms with Crippen molar-refractivity contribution in [3.05, 3.63) is 78.4 Å². The highest BCUT2D eigenvalue weighted by Crippen LogP contribution is 2.28. The summed E-state index contributed by atoms with van der Waals surface area (Å²) in [7, 11) is 0. The van der Waals surface area contributed by atoms with E-state index >= 15 is 0 Å². The van der Waals surface area contributed by atoms with Crippen molar-refractivity contribution in [1.82, 2.24) is 9.97 Å². The van der Waals surface area contributed by atoms with Gasteiger partial charge in [0.25, 0.3) is 5.91 Å². The number of nitrogens with zero attached hydrogens (tertiary/aromatic N) is 1. The van der Waals surface area contributed by atoms with Gasteiger partial charge in [0.1, 0.15) is 5.75 Å². The summed E-state index contributed by atoms with van der Waals surface area (Å²) in [6.45, 7) is 1.96. The highest BCUT2D eigenvalue weighted by Gasteiger charge is 2.06. The number of hydrogen-bond acceptors (Lipinski definition) is 4. The van der Waals surface area contributed by atoms with E-state index in [1.807, 2.05) is 79.7 Å². The number of amides is 1. The zero-order chi connectivity index (χ0) is 19.3. The summed E-state index contributed by atoms with van der Waals surface area (Å²) in [4.78, 5) is 21.0. The lowest BCUT2D eigenvalue weighted by molar-refractivity contribution is -0.118. The van der Waals surface area contributed by atoms with E-state index in [2.05, 4.69) is 15.3 Å². The van der Waals surface area contributed by atoms with Crippen LogP contribution in [0.25, 0.3) is 11.0 Å². The number of rotatable bonds is 6. The number of imidazole rings is 1. The second-order valence-corrected chi connectivity index (χ2v) is 7.40. The molecule has 0 radical (unpaired) electrons. The van der Waals surface area contributed by atoms with Gasteiger partial charge in [-0.15, -0.1) is 0 Å². The van der Waals surface area contributed by atoms with Crippen LogP contribution in [0.3, 0.4) is 0 Å².